The van der Waals surface area contributed by atoms with E-state index in [4.69, 9.17) is 12.2 Å². The Kier molecular flexibility index (Phi) is 6.95. The topological polar surface area (TPSA) is 69.7 Å². The number of para-hydroxylation sites is 1. The molecule has 2 aliphatic heterocycles. The van der Waals surface area contributed by atoms with Gasteiger partial charge in [0.1, 0.15) is 10.9 Å². The third-order valence-corrected chi connectivity index (χ3v) is 7.88. The van der Waals surface area contributed by atoms with Crippen molar-refractivity contribution >= 4 is 63.0 Å². The second-order valence-electron chi connectivity index (χ2n) is 9.04. The average Bonchev–Trinajstić information content (AvgIpc) is 3.32. The van der Waals surface area contributed by atoms with E-state index in [1.807, 2.05) is 80.6 Å². The van der Waals surface area contributed by atoms with Crippen molar-refractivity contribution in [2.45, 2.75) is 20.3 Å². The van der Waals surface area contributed by atoms with E-state index in [0.717, 1.165) is 28.5 Å². The summed E-state index contributed by atoms with van der Waals surface area (Å²) in [6.45, 7) is 4.14. The molecule has 3 aromatic carbocycles. The monoisotopic (exact) mass is 527 g/mol. The van der Waals surface area contributed by atoms with Crippen LogP contribution in [-0.4, -0.2) is 40.0 Å². The molecule has 6 nitrogen and oxygen atoms in total. The maximum absolute atomic E-state index is 13.7. The number of amides is 3. The number of anilines is 2. The quantitative estimate of drug-likeness (QED) is 0.357. The van der Waals surface area contributed by atoms with Gasteiger partial charge in [-0.15, -0.1) is 0 Å². The Bertz CT molecular complexity index is 1470. The second kappa shape index (κ2) is 10.3. The molecule has 3 aromatic rings. The molecule has 0 aromatic heterocycles. The average molecular weight is 528 g/mol. The molecule has 2 heterocycles. The van der Waals surface area contributed by atoms with Crippen LogP contribution in [0.3, 0.4) is 0 Å². The van der Waals surface area contributed by atoms with E-state index in [-0.39, 0.29) is 24.3 Å². The molecule has 0 saturated carbocycles. The maximum Gasteiger partial charge on any atom is 0.267 e. The highest BCUT2D eigenvalue weighted by atomic mass is 32.2. The number of nitrogens with zero attached hydrogens (tertiary/aromatic N) is 2. The number of hydrogen-bond acceptors (Lipinski definition) is 5. The maximum atomic E-state index is 13.7. The van der Waals surface area contributed by atoms with Gasteiger partial charge in [0, 0.05) is 17.8 Å². The van der Waals surface area contributed by atoms with Gasteiger partial charge >= 0.3 is 0 Å². The van der Waals surface area contributed by atoms with E-state index >= 15 is 0 Å². The Morgan fingerprint density at radius 1 is 0.919 bits per heavy atom. The first kappa shape index (κ1) is 24.9. The predicted molar refractivity (Wildman–Crippen MR) is 152 cm³/mol. The second-order valence-corrected chi connectivity index (χ2v) is 10.7. The molecule has 0 aliphatic carbocycles. The molecule has 37 heavy (non-hydrogen) atoms. The molecule has 0 atom stereocenters. The first-order chi connectivity index (χ1) is 17.8. The van der Waals surface area contributed by atoms with Crippen LogP contribution >= 0.6 is 24.0 Å². The molecule has 2 aliphatic rings. The van der Waals surface area contributed by atoms with Crippen molar-refractivity contribution in [3.8, 4) is 0 Å². The first-order valence-corrected chi connectivity index (χ1v) is 13.2. The Balaban J connectivity index is 1.40. The van der Waals surface area contributed by atoms with E-state index in [9.17, 15) is 14.4 Å². The summed E-state index contributed by atoms with van der Waals surface area (Å²) in [4.78, 5) is 43.4. The number of aryl methyl sites for hydroxylation is 2. The highest BCUT2D eigenvalue weighted by Gasteiger charge is 2.42. The van der Waals surface area contributed by atoms with Crippen molar-refractivity contribution < 1.29 is 14.4 Å². The van der Waals surface area contributed by atoms with Crippen molar-refractivity contribution in [2.24, 2.45) is 0 Å². The SMILES string of the molecule is Cc1ccc(C)c(NC(=O)CN2C(=O)/C(=C3/SC(=S)N(CCc4ccccc4)C3=O)c3ccccc32)c1. The van der Waals surface area contributed by atoms with Gasteiger partial charge in [-0.1, -0.05) is 84.6 Å². The summed E-state index contributed by atoms with van der Waals surface area (Å²) in [5, 5.41) is 2.92. The zero-order valence-electron chi connectivity index (χ0n) is 20.5. The molecule has 1 fully saturated rings. The van der Waals surface area contributed by atoms with Crippen LogP contribution in [0.2, 0.25) is 0 Å². The lowest BCUT2D eigenvalue weighted by Crippen LogP contribution is -2.36. The van der Waals surface area contributed by atoms with Gasteiger partial charge in [-0.25, -0.2) is 0 Å². The highest BCUT2D eigenvalue weighted by Crippen LogP contribution is 2.44. The van der Waals surface area contributed by atoms with Crippen LogP contribution in [0.15, 0.2) is 77.7 Å². The summed E-state index contributed by atoms with van der Waals surface area (Å²) in [6.07, 6.45) is 0.658. The number of carbonyl (C=O) groups excluding carboxylic acids is 3. The molecule has 0 radical (unpaired) electrons. The minimum Gasteiger partial charge on any atom is -0.324 e. The number of benzene rings is 3. The number of thioether (sulfide) groups is 1. The summed E-state index contributed by atoms with van der Waals surface area (Å²) in [7, 11) is 0. The Morgan fingerprint density at radius 2 is 1.65 bits per heavy atom. The molecular formula is C29H25N3O3S2. The lowest BCUT2D eigenvalue weighted by Gasteiger charge is -2.17. The molecule has 5 rings (SSSR count). The van der Waals surface area contributed by atoms with E-state index < -0.39 is 0 Å². The molecule has 0 bridgehead atoms. The number of fused-ring (bicyclic) bond motifs is 1. The molecule has 3 amide bonds. The van der Waals surface area contributed by atoms with Gasteiger partial charge < -0.3 is 5.32 Å². The smallest absolute Gasteiger partial charge is 0.267 e. The summed E-state index contributed by atoms with van der Waals surface area (Å²) < 4.78 is 0.430. The fourth-order valence-electron chi connectivity index (χ4n) is 4.49. The Hall–Kier alpha value is -3.75. The van der Waals surface area contributed by atoms with E-state index in [2.05, 4.69) is 5.32 Å². The van der Waals surface area contributed by atoms with Gasteiger partial charge in [-0.3, -0.25) is 24.2 Å². The minimum absolute atomic E-state index is 0.166. The van der Waals surface area contributed by atoms with Crippen LogP contribution in [0.4, 0.5) is 11.4 Å². The first-order valence-electron chi connectivity index (χ1n) is 11.9. The summed E-state index contributed by atoms with van der Waals surface area (Å²) in [5.41, 5.74) is 5.32. The number of nitrogens with one attached hydrogen (secondary N) is 1. The number of hydrogen-bond donors (Lipinski definition) is 1. The molecular weight excluding hydrogens is 502 g/mol. The fraction of sp³-hybridized carbons (Fsp3) is 0.172. The standard InChI is InChI=1S/C29H25N3O3S2/c1-18-12-13-19(2)22(16-18)30-24(33)17-32-23-11-7-6-10-21(23)25(27(32)34)26-28(35)31(29(36)37-26)15-14-20-8-4-3-5-9-20/h3-13,16H,14-15,17H2,1-2H3,(H,30,33)/b26-25+. The third-order valence-electron chi connectivity index (χ3n) is 6.44. The molecule has 8 heteroatoms. The van der Waals surface area contributed by atoms with E-state index in [1.54, 1.807) is 11.0 Å². The minimum atomic E-state index is -0.374. The molecule has 0 unspecified atom stereocenters. The van der Waals surface area contributed by atoms with Gasteiger partial charge in [0.05, 0.1) is 16.2 Å². The van der Waals surface area contributed by atoms with Crippen molar-refractivity contribution in [2.75, 3.05) is 23.3 Å². The Labute approximate surface area is 225 Å². The Morgan fingerprint density at radius 3 is 2.43 bits per heavy atom. The van der Waals surface area contributed by atoms with Gasteiger partial charge in [0.2, 0.25) is 5.91 Å². The van der Waals surface area contributed by atoms with Gasteiger partial charge in [-0.05, 0) is 49.1 Å². The zero-order valence-corrected chi connectivity index (χ0v) is 22.1. The van der Waals surface area contributed by atoms with E-state index in [1.165, 1.54) is 4.90 Å². The van der Waals surface area contributed by atoms with Crippen molar-refractivity contribution in [1.82, 2.24) is 4.90 Å². The normalized spacial score (nSPS) is 17.0. The number of carbonyl (C=O) groups is 3. The van der Waals surface area contributed by atoms with Crippen molar-refractivity contribution in [3.05, 3.63) is 100.0 Å². The molecule has 1 saturated heterocycles. The molecule has 0 spiro atoms. The van der Waals surface area contributed by atoms with Crippen LogP contribution < -0.4 is 10.2 Å². The zero-order chi connectivity index (χ0) is 26.1. The molecule has 186 valence electrons. The lowest BCUT2D eigenvalue weighted by molar-refractivity contribution is -0.122. The van der Waals surface area contributed by atoms with Crippen LogP contribution in [0.25, 0.3) is 5.57 Å². The van der Waals surface area contributed by atoms with Crippen molar-refractivity contribution in [3.63, 3.8) is 0 Å². The van der Waals surface area contributed by atoms with Crippen molar-refractivity contribution in [1.29, 1.82) is 0 Å². The van der Waals surface area contributed by atoms with E-state index in [0.29, 0.717) is 44.7 Å². The third kappa shape index (κ3) is 4.95. The van der Waals surface area contributed by atoms with Gasteiger partial charge in [0.15, 0.2) is 0 Å². The summed E-state index contributed by atoms with van der Waals surface area (Å²) in [5.74, 6) is -0.958. The molecule has 1 N–H and O–H groups in total. The summed E-state index contributed by atoms with van der Waals surface area (Å²) >= 11 is 6.67. The number of rotatable bonds is 6. The number of thiocarbonyl (C=S) groups is 1. The van der Waals surface area contributed by atoms with Crippen LogP contribution in [-0.2, 0) is 20.8 Å². The largest absolute Gasteiger partial charge is 0.324 e. The highest BCUT2D eigenvalue weighted by molar-refractivity contribution is 8.26. The lowest BCUT2D eigenvalue weighted by atomic mass is 10.1. The van der Waals surface area contributed by atoms with Crippen LogP contribution in [0.1, 0.15) is 22.3 Å². The van der Waals surface area contributed by atoms with Gasteiger partial charge in [-0.2, -0.15) is 0 Å². The predicted octanol–water partition coefficient (Wildman–Crippen LogP) is 5.10. The fourth-order valence-corrected chi connectivity index (χ4v) is 5.87. The van der Waals surface area contributed by atoms with Gasteiger partial charge in [0.25, 0.3) is 11.8 Å². The summed E-state index contributed by atoms with van der Waals surface area (Å²) in [6, 6.07) is 22.9. The van der Waals surface area contributed by atoms with Crippen LogP contribution in [0.5, 0.6) is 0 Å². The van der Waals surface area contributed by atoms with Crippen LogP contribution in [0, 0.1) is 13.8 Å².